The maximum absolute atomic E-state index is 10.9. The zero-order valence-corrected chi connectivity index (χ0v) is 9.54. The van der Waals surface area contributed by atoms with E-state index in [1.165, 1.54) is 12.1 Å². The highest BCUT2D eigenvalue weighted by molar-refractivity contribution is 7.92. The summed E-state index contributed by atoms with van der Waals surface area (Å²) in [5, 5.41) is 0.527. The molecule has 0 bridgehead atoms. The van der Waals surface area contributed by atoms with Gasteiger partial charge in [-0.1, -0.05) is 23.2 Å². The number of nitrogen functional groups attached to an aromatic ring is 1. The SMILES string of the molecule is CS(=O)(=O)Nc1cc(Cl)cc(Cl)c1N. The smallest absolute Gasteiger partial charge is 0.229 e. The number of halogens is 2. The van der Waals surface area contributed by atoms with Crippen molar-refractivity contribution in [1.82, 2.24) is 0 Å². The third-order valence-electron chi connectivity index (χ3n) is 1.39. The minimum atomic E-state index is -3.38. The molecule has 0 aliphatic rings. The van der Waals surface area contributed by atoms with Crippen molar-refractivity contribution in [3.63, 3.8) is 0 Å². The third-order valence-corrected chi connectivity index (χ3v) is 2.51. The summed E-state index contributed by atoms with van der Waals surface area (Å²) in [6.45, 7) is 0. The fourth-order valence-corrected chi connectivity index (χ4v) is 1.93. The summed E-state index contributed by atoms with van der Waals surface area (Å²) in [5.74, 6) is 0. The van der Waals surface area contributed by atoms with Gasteiger partial charge in [0, 0.05) is 5.02 Å². The van der Waals surface area contributed by atoms with Crippen LogP contribution in [0.25, 0.3) is 0 Å². The van der Waals surface area contributed by atoms with Crippen LogP contribution in [0.2, 0.25) is 10.0 Å². The van der Waals surface area contributed by atoms with Crippen LogP contribution in [0, 0.1) is 0 Å². The van der Waals surface area contributed by atoms with Crippen LogP contribution in [-0.2, 0) is 10.0 Å². The molecule has 1 rings (SSSR count). The Morgan fingerprint density at radius 3 is 2.43 bits per heavy atom. The van der Waals surface area contributed by atoms with E-state index >= 15 is 0 Å². The van der Waals surface area contributed by atoms with Crippen molar-refractivity contribution in [2.45, 2.75) is 0 Å². The van der Waals surface area contributed by atoms with Crippen molar-refractivity contribution in [1.29, 1.82) is 0 Å². The van der Waals surface area contributed by atoms with E-state index < -0.39 is 10.0 Å². The lowest BCUT2D eigenvalue weighted by atomic mass is 10.3. The van der Waals surface area contributed by atoms with E-state index in [-0.39, 0.29) is 16.4 Å². The van der Waals surface area contributed by atoms with E-state index in [2.05, 4.69) is 4.72 Å². The van der Waals surface area contributed by atoms with Gasteiger partial charge in [-0.2, -0.15) is 0 Å². The summed E-state index contributed by atoms with van der Waals surface area (Å²) in [7, 11) is -3.38. The molecule has 78 valence electrons. The van der Waals surface area contributed by atoms with Crippen LogP contribution in [0.5, 0.6) is 0 Å². The molecule has 0 fully saturated rings. The second-order valence-electron chi connectivity index (χ2n) is 2.72. The van der Waals surface area contributed by atoms with Crippen molar-refractivity contribution < 1.29 is 8.42 Å². The van der Waals surface area contributed by atoms with Crippen molar-refractivity contribution in [3.05, 3.63) is 22.2 Å². The molecular formula is C7H8Cl2N2O2S. The molecule has 0 aliphatic heterocycles. The first-order valence-corrected chi connectivity index (χ1v) is 6.16. The standard InChI is InChI=1S/C7H8Cl2N2O2S/c1-14(12,13)11-6-3-4(8)2-5(9)7(6)10/h2-3,11H,10H2,1H3. The zero-order valence-electron chi connectivity index (χ0n) is 7.21. The van der Waals surface area contributed by atoms with Crippen molar-refractivity contribution in [2.75, 3.05) is 16.7 Å². The zero-order chi connectivity index (χ0) is 10.9. The minimum Gasteiger partial charge on any atom is -0.396 e. The van der Waals surface area contributed by atoms with Crippen LogP contribution >= 0.6 is 23.2 Å². The fraction of sp³-hybridized carbons (Fsp3) is 0.143. The number of rotatable bonds is 2. The number of hydrogen-bond acceptors (Lipinski definition) is 3. The molecule has 3 N–H and O–H groups in total. The highest BCUT2D eigenvalue weighted by Gasteiger charge is 2.09. The Hall–Kier alpha value is -0.650. The van der Waals surface area contributed by atoms with Gasteiger partial charge in [0.1, 0.15) is 0 Å². The van der Waals surface area contributed by atoms with Gasteiger partial charge >= 0.3 is 0 Å². The Morgan fingerprint density at radius 2 is 1.93 bits per heavy atom. The second-order valence-corrected chi connectivity index (χ2v) is 5.32. The molecule has 0 saturated heterocycles. The molecule has 0 aliphatic carbocycles. The van der Waals surface area contributed by atoms with Crippen LogP contribution in [0.3, 0.4) is 0 Å². The number of anilines is 2. The molecule has 0 atom stereocenters. The molecule has 1 aromatic rings. The first-order valence-electron chi connectivity index (χ1n) is 3.52. The first kappa shape index (κ1) is 11.4. The average Bonchev–Trinajstić information content (AvgIpc) is 1.96. The molecule has 14 heavy (non-hydrogen) atoms. The summed E-state index contributed by atoms with van der Waals surface area (Å²) < 4.78 is 24.1. The maximum Gasteiger partial charge on any atom is 0.229 e. The molecular weight excluding hydrogens is 247 g/mol. The van der Waals surface area contributed by atoms with Crippen LogP contribution in [0.1, 0.15) is 0 Å². The summed E-state index contributed by atoms with van der Waals surface area (Å²) >= 11 is 11.4. The van der Waals surface area contributed by atoms with E-state index in [4.69, 9.17) is 28.9 Å². The average molecular weight is 255 g/mol. The Bertz CT molecular complexity index is 459. The third kappa shape index (κ3) is 2.94. The van der Waals surface area contributed by atoms with E-state index in [1.54, 1.807) is 0 Å². The molecule has 0 unspecified atom stereocenters. The van der Waals surface area contributed by atoms with Gasteiger partial charge in [-0.25, -0.2) is 8.42 Å². The maximum atomic E-state index is 10.9. The van der Waals surface area contributed by atoms with Gasteiger partial charge in [0.15, 0.2) is 0 Å². The Morgan fingerprint density at radius 1 is 1.36 bits per heavy atom. The number of nitrogens with two attached hydrogens (primary N) is 1. The highest BCUT2D eigenvalue weighted by atomic mass is 35.5. The summed E-state index contributed by atoms with van der Waals surface area (Å²) in [6, 6.07) is 2.83. The fourth-order valence-electron chi connectivity index (χ4n) is 0.869. The predicted octanol–water partition coefficient (Wildman–Crippen LogP) is 1.95. The summed E-state index contributed by atoms with van der Waals surface area (Å²) in [4.78, 5) is 0. The lowest BCUT2D eigenvalue weighted by Crippen LogP contribution is -2.11. The normalized spacial score (nSPS) is 11.4. The number of sulfonamides is 1. The van der Waals surface area contributed by atoms with E-state index in [1.807, 2.05) is 0 Å². The van der Waals surface area contributed by atoms with Gasteiger partial charge < -0.3 is 5.73 Å². The molecule has 7 heteroatoms. The number of nitrogens with one attached hydrogen (secondary N) is 1. The van der Waals surface area contributed by atoms with Crippen molar-refractivity contribution in [2.24, 2.45) is 0 Å². The lowest BCUT2D eigenvalue weighted by Gasteiger charge is -2.08. The van der Waals surface area contributed by atoms with Crippen LogP contribution in [0.15, 0.2) is 12.1 Å². The second kappa shape index (κ2) is 3.84. The van der Waals surface area contributed by atoms with Crippen LogP contribution < -0.4 is 10.5 Å². The van der Waals surface area contributed by atoms with Gasteiger partial charge in [0.25, 0.3) is 0 Å². The molecule has 1 aromatic carbocycles. The molecule has 0 spiro atoms. The van der Waals surface area contributed by atoms with Gasteiger partial charge in [0.05, 0.1) is 22.7 Å². The van der Waals surface area contributed by atoms with Gasteiger partial charge in [-0.3, -0.25) is 4.72 Å². The Balaban J connectivity index is 3.22. The molecule has 0 heterocycles. The monoisotopic (exact) mass is 254 g/mol. The summed E-state index contributed by atoms with van der Waals surface area (Å²) in [6.07, 6.45) is 1.02. The number of hydrogen-bond donors (Lipinski definition) is 2. The predicted molar refractivity (Wildman–Crippen MR) is 59.3 cm³/mol. The highest BCUT2D eigenvalue weighted by Crippen LogP contribution is 2.31. The van der Waals surface area contributed by atoms with Crippen molar-refractivity contribution >= 4 is 44.6 Å². The molecule has 4 nitrogen and oxygen atoms in total. The van der Waals surface area contributed by atoms with Crippen LogP contribution in [0.4, 0.5) is 11.4 Å². The van der Waals surface area contributed by atoms with Crippen LogP contribution in [-0.4, -0.2) is 14.7 Å². The van der Waals surface area contributed by atoms with E-state index in [0.29, 0.717) is 5.02 Å². The topological polar surface area (TPSA) is 72.2 Å². The van der Waals surface area contributed by atoms with Gasteiger partial charge in [0.2, 0.25) is 10.0 Å². The largest absolute Gasteiger partial charge is 0.396 e. The van der Waals surface area contributed by atoms with E-state index in [9.17, 15) is 8.42 Å². The molecule has 0 amide bonds. The molecule has 0 radical (unpaired) electrons. The van der Waals surface area contributed by atoms with Gasteiger partial charge in [-0.15, -0.1) is 0 Å². The Labute approximate surface area is 92.1 Å². The van der Waals surface area contributed by atoms with E-state index in [0.717, 1.165) is 6.26 Å². The lowest BCUT2D eigenvalue weighted by molar-refractivity contribution is 0.607. The van der Waals surface area contributed by atoms with Crippen molar-refractivity contribution in [3.8, 4) is 0 Å². The Kier molecular flexibility index (Phi) is 3.14. The minimum absolute atomic E-state index is 0.154. The first-order chi connectivity index (χ1) is 6.29. The molecule has 0 aromatic heterocycles. The quantitative estimate of drug-likeness (QED) is 0.793. The molecule has 0 saturated carbocycles. The summed E-state index contributed by atoms with van der Waals surface area (Å²) in [5.41, 5.74) is 5.88. The number of benzene rings is 1. The van der Waals surface area contributed by atoms with Gasteiger partial charge in [-0.05, 0) is 12.1 Å².